The lowest BCUT2D eigenvalue weighted by atomic mass is 10.1. The second-order valence-corrected chi connectivity index (χ2v) is 5.34. The Morgan fingerprint density at radius 1 is 1.43 bits per heavy atom. The van der Waals surface area contributed by atoms with Crippen LogP contribution >= 0.6 is 0 Å². The Hall–Kier alpha value is -2.81. The molecule has 2 N–H and O–H groups in total. The Morgan fingerprint density at radius 2 is 2.22 bits per heavy atom. The van der Waals surface area contributed by atoms with E-state index in [0.29, 0.717) is 5.56 Å². The quantitative estimate of drug-likeness (QED) is 0.890. The SMILES string of the molecule is CCc1cc(C#N)ccc1NC(=O)N[C@@H](CC)c1cnn(C)c1. The number of nitrogens with one attached hydrogen (secondary N) is 2. The molecule has 0 unspecified atom stereocenters. The Morgan fingerprint density at radius 3 is 2.78 bits per heavy atom. The van der Waals surface area contributed by atoms with Crippen LogP contribution in [0.4, 0.5) is 10.5 Å². The van der Waals surface area contributed by atoms with Crippen molar-refractivity contribution in [3.8, 4) is 6.07 Å². The standard InChI is InChI=1S/C17H21N5O/c1-4-13-8-12(9-18)6-7-16(13)21-17(23)20-15(5-2)14-10-19-22(3)11-14/h6-8,10-11,15H,4-5H2,1-3H3,(H2,20,21,23)/t15-/m0/s1. The summed E-state index contributed by atoms with van der Waals surface area (Å²) in [5.41, 5.74) is 3.23. The average Bonchev–Trinajstić information content (AvgIpc) is 2.99. The molecule has 2 rings (SSSR count). The predicted molar refractivity (Wildman–Crippen MR) is 88.9 cm³/mol. The fourth-order valence-electron chi connectivity index (χ4n) is 2.44. The Labute approximate surface area is 136 Å². The second-order valence-electron chi connectivity index (χ2n) is 5.34. The minimum Gasteiger partial charge on any atom is -0.331 e. The van der Waals surface area contributed by atoms with Gasteiger partial charge >= 0.3 is 6.03 Å². The van der Waals surface area contributed by atoms with Crippen molar-refractivity contribution in [3.63, 3.8) is 0 Å². The topological polar surface area (TPSA) is 82.7 Å². The number of nitriles is 1. The fourth-order valence-corrected chi connectivity index (χ4v) is 2.44. The molecule has 1 aromatic carbocycles. The second kappa shape index (κ2) is 7.45. The van der Waals surface area contributed by atoms with Crippen molar-refractivity contribution in [2.24, 2.45) is 7.05 Å². The number of aryl methyl sites for hydroxylation is 2. The number of benzene rings is 1. The summed E-state index contributed by atoms with van der Waals surface area (Å²) in [6, 6.07) is 7.02. The van der Waals surface area contributed by atoms with Gasteiger partial charge in [-0.3, -0.25) is 4.68 Å². The van der Waals surface area contributed by atoms with Crippen LogP contribution in [0.2, 0.25) is 0 Å². The van der Waals surface area contributed by atoms with Gasteiger partial charge in [0.25, 0.3) is 0 Å². The molecule has 6 heteroatoms. The lowest BCUT2D eigenvalue weighted by Gasteiger charge is -2.17. The maximum absolute atomic E-state index is 12.3. The number of hydrogen-bond acceptors (Lipinski definition) is 3. The largest absolute Gasteiger partial charge is 0.331 e. The van der Waals surface area contributed by atoms with Gasteiger partial charge in [-0.25, -0.2) is 4.79 Å². The molecule has 120 valence electrons. The highest BCUT2D eigenvalue weighted by molar-refractivity contribution is 5.90. The van der Waals surface area contributed by atoms with E-state index >= 15 is 0 Å². The van der Waals surface area contributed by atoms with E-state index in [2.05, 4.69) is 21.8 Å². The Balaban J connectivity index is 2.08. The highest BCUT2D eigenvalue weighted by Crippen LogP contribution is 2.19. The van der Waals surface area contributed by atoms with Crippen LogP contribution in [0.15, 0.2) is 30.6 Å². The van der Waals surface area contributed by atoms with E-state index in [1.54, 1.807) is 29.1 Å². The molecule has 23 heavy (non-hydrogen) atoms. The molecule has 1 heterocycles. The van der Waals surface area contributed by atoms with E-state index in [0.717, 1.165) is 29.7 Å². The van der Waals surface area contributed by atoms with Gasteiger partial charge < -0.3 is 10.6 Å². The van der Waals surface area contributed by atoms with Crippen LogP contribution in [0.5, 0.6) is 0 Å². The number of urea groups is 1. The molecule has 0 fully saturated rings. The summed E-state index contributed by atoms with van der Waals surface area (Å²) in [6.45, 7) is 4.00. The van der Waals surface area contributed by atoms with Crippen LogP contribution in [0.3, 0.4) is 0 Å². The van der Waals surface area contributed by atoms with Gasteiger partial charge in [0.1, 0.15) is 0 Å². The fraction of sp³-hybridized carbons (Fsp3) is 0.353. The molecule has 6 nitrogen and oxygen atoms in total. The first-order valence-corrected chi connectivity index (χ1v) is 7.66. The van der Waals surface area contributed by atoms with Gasteiger partial charge in [-0.05, 0) is 36.6 Å². The third kappa shape index (κ3) is 4.10. The van der Waals surface area contributed by atoms with Gasteiger partial charge in [0.05, 0.1) is 23.9 Å². The third-order valence-electron chi connectivity index (χ3n) is 3.70. The lowest BCUT2D eigenvalue weighted by Crippen LogP contribution is -2.32. The van der Waals surface area contributed by atoms with E-state index in [-0.39, 0.29) is 12.1 Å². The number of amides is 2. The number of hydrogen-bond donors (Lipinski definition) is 2. The predicted octanol–water partition coefficient (Wildman–Crippen LogP) is 3.13. The van der Waals surface area contributed by atoms with Crippen LogP contribution < -0.4 is 10.6 Å². The maximum atomic E-state index is 12.3. The molecular formula is C17H21N5O. The summed E-state index contributed by atoms with van der Waals surface area (Å²) in [5.74, 6) is 0. The molecule has 1 aromatic heterocycles. The molecule has 0 aliphatic rings. The monoisotopic (exact) mass is 311 g/mol. The molecule has 2 aromatic rings. The van der Waals surface area contributed by atoms with Gasteiger partial charge in [0.15, 0.2) is 0 Å². The molecule has 2 amide bonds. The van der Waals surface area contributed by atoms with Gasteiger partial charge in [-0.15, -0.1) is 0 Å². The summed E-state index contributed by atoms with van der Waals surface area (Å²) >= 11 is 0. The summed E-state index contributed by atoms with van der Waals surface area (Å²) in [6.07, 6.45) is 5.17. The average molecular weight is 311 g/mol. The number of nitrogens with zero attached hydrogens (tertiary/aromatic N) is 3. The summed E-state index contributed by atoms with van der Waals surface area (Å²) in [7, 11) is 1.85. The highest BCUT2D eigenvalue weighted by Gasteiger charge is 2.15. The van der Waals surface area contributed by atoms with Crippen molar-refractivity contribution in [1.29, 1.82) is 5.26 Å². The van der Waals surface area contributed by atoms with Crippen LogP contribution in [-0.2, 0) is 13.5 Å². The number of carbonyl (C=O) groups is 1. The van der Waals surface area contributed by atoms with Crippen LogP contribution in [0.25, 0.3) is 0 Å². The minimum absolute atomic E-state index is 0.0906. The molecule has 0 saturated heterocycles. The molecular weight excluding hydrogens is 290 g/mol. The number of aromatic nitrogens is 2. The zero-order valence-electron chi connectivity index (χ0n) is 13.6. The molecule has 0 spiro atoms. The van der Waals surface area contributed by atoms with Crippen molar-refractivity contribution < 1.29 is 4.79 Å². The summed E-state index contributed by atoms with van der Waals surface area (Å²) < 4.78 is 1.72. The van der Waals surface area contributed by atoms with Gasteiger partial charge in [-0.2, -0.15) is 10.4 Å². The van der Waals surface area contributed by atoms with E-state index in [4.69, 9.17) is 5.26 Å². The lowest BCUT2D eigenvalue weighted by molar-refractivity contribution is 0.248. The van der Waals surface area contributed by atoms with E-state index in [9.17, 15) is 4.79 Å². The van der Waals surface area contributed by atoms with Crippen LogP contribution in [0.1, 0.15) is 43.0 Å². The number of carbonyl (C=O) groups excluding carboxylic acids is 1. The zero-order chi connectivity index (χ0) is 16.8. The Bertz CT molecular complexity index is 729. The molecule has 0 saturated carbocycles. The molecule has 1 atom stereocenters. The Kier molecular flexibility index (Phi) is 5.36. The van der Waals surface area contributed by atoms with Crippen LogP contribution in [-0.4, -0.2) is 15.8 Å². The first-order valence-electron chi connectivity index (χ1n) is 7.66. The zero-order valence-corrected chi connectivity index (χ0v) is 13.6. The number of rotatable bonds is 5. The van der Waals surface area contributed by atoms with Crippen molar-refractivity contribution >= 4 is 11.7 Å². The molecule has 0 aliphatic carbocycles. The molecule has 0 aliphatic heterocycles. The maximum Gasteiger partial charge on any atom is 0.319 e. The van der Waals surface area contributed by atoms with Gasteiger partial charge in [0, 0.05) is 24.5 Å². The van der Waals surface area contributed by atoms with Gasteiger partial charge in [-0.1, -0.05) is 13.8 Å². The van der Waals surface area contributed by atoms with E-state index in [1.165, 1.54) is 0 Å². The molecule has 0 radical (unpaired) electrons. The van der Waals surface area contributed by atoms with E-state index in [1.807, 2.05) is 27.1 Å². The summed E-state index contributed by atoms with van der Waals surface area (Å²) in [4.78, 5) is 12.3. The highest BCUT2D eigenvalue weighted by atomic mass is 16.2. The third-order valence-corrected chi connectivity index (χ3v) is 3.70. The van der Waals surface area contributed by atoms with Crippen molar-refractivity contribution in [1.82, 2.24) is 15.1 Å². The minimum atomic E-state index is -0.264. The first kappa shape index (κ1) is 16.6. The normalized spacial score (nSPS) is 11.6. The van der Waals surface area contributed by atoms with E-state index < -0.39 is 0 Å². The smallest absolute Gasteiger partial charge is 0.319 e. The molecule has 0 bridgehead atoms. The number of anilines is 1. The van der Waals surface area contributed by atoms with Crippen molar-refractivity contribution in [2.45, 2.75) is 32.7 Å². The summed E-state index contributed by atoms with van der Waals surface area (Å²) in [5, 5.41) is 18.9. The van der Waals surface area contributed by atoms with Crippen LogP contribution in [0, 0.1) is 11.3 Å². The van der Waals surface area contributed by atoms with Gasteiger partial charge in [0.2, 0.25) is 0 Å². The van der Waals surface area contributed by atoms with Crippen molar-refractivity contribution in [3.05, 3.63) is 47.3 Å². The first-order chi connectivity index (χ1) is 11.1. The van der Waals surface area contributed by atoms with Crippen molar-refractivity contribution in [2.75, 3.05) is 5.32 Å².